The number of carbonyl (C=O) groups excluding carboxylic acids is 2. The molecule has 0 saturated carbocycles. The molecule has 1 heterocycles. The molecule has 1 aliphatic rings. The molecule has 1 atom stereocenters. The van der Waals surface area contributed by atoms with Gasteiger partial charge >= 0.3 is 6.03 Å². The summed E-state index contributed by atoms with van der Waals surface area (Å²) in [7, 11) is 0. The maximum atomic E-state index is 14.5. The first-order chi connectivity index (χ1) is 14.9. The molecule has 1 aliphatic heterocycles. The quantitative estimate of drug-likeness (QED) is 0.426. The first-order valence-corrected chi connectivity index (χ1v) is 9.41. The highest BCUT2D eigenvalue weighted by atomic mass is 19.1. The second kappa shape index (κ2) is 8.22. The summed E-state index contributed by atoms with van der Waals surface area (Å²) in [5.74, 6) is -4.83. The Bertz CT molecular complexity index is 1110. The van der Waals surface area contributed by atoms with Gasteiger partial charge in [-0.2, -0.15) is 0 Å². The van der Waals surface area contributed by atoms with E-state index in [-0.39, 0.29) is 6.54 Å². The molecule has 4 nitrogen and oxygen atoms in total. The number of imide groups is 1. The number of hydrogen-bond acceptors (Lipinski definition) is 2. The predicted molar refractivity (Wildman–Crippen MR) is 103 cm³/mol. The van der Waals surface area contributed by atoms with Crippen LogP contribution in [-0.4, -0.2) is 21.7 Å². The lowest BCUT2D eigenvalue weighted by Crippen LogP contribution is -2.33. The van der Waals surface area contributed by atoms with Crippen molar-refractivity contribution in [2.24, 2.45) is 0 Å². The second-order valence-electron chi connectivity index (χ2n) is 7.06. The normalized spacial score (nSPS) is 16.3. The van der Waals surface area contributed by atoms with Crippen LogP contribution >= 0.6 is 0 Å². The lowest BCUT2D eigenvalue weighted by Gasteiger charge is -2.23. The Balaban J connectivity index is 1.77. The lowest BCUT2D eigenvalue weighted by atomic mass is 10.0. The molecule has 0 radical (unpaired) electrons. The molecule has 3 amide bonds. The summed E-state index contributed by atoms with van der Waals surface area (Å²) in [5.41, 5.74) is -0.462. The van der Waals surface area contributed by atoms with Crippen molar-refractivity contribution in [2.75, 3.05) is 0 Å². The number of amides is 3. The van der Waals surface area contributed by atoms with Crippen LogP contribution in [0.15, 0.2) is 66.7 Å². The van der Waals surface area contributed by atoms with Crippen LogP contribution < -0.4 is 0 Å². The van der Waals surface area contributed by atoms with Gasteiger partial charge in [-0.25, -0.2) is 22.4 Å². The Labute approximate surface area is 175 Å². The number of benzene rings is 3. The molecule has 3 aromatic rings. The largest absolute Gasteiger partial charge is 0.328 e. The van der Waals surface area contributed by atoms with Crippen molar-refractivity contribution in [1.29, 1.82) is 0 Å². The maximum Gasteiger partial charge on any atom is 0.328 e. The Morgan fingerprint density at radius 2 is 1.23 bits per heavy atom. The van der Waals surface area contributed by atoms with Crippen molar-refractivity contribution in [3.05, 3.63) is 107 Å². The Morgan fingerprint density at radius 1 is 0.677 bits per heavy atom. The number of nitrogens with zero attached hydrogens (tertiary/aromatic N) is 2. The first-order valence-electron chi connectivity index (χ1n) is 9.41. The van der Waals surface area contributed by atoms with Crippen LogP contribution in [0.25, 0.3) is 0 Å². The number of hydrogen-bond donors (Lipinski definition) is 0. The van der Waals surface area contributed by atoms with Gasteiger partial charge in [0.1, 0.15) is 29.3 Å². The van der Waals surface area contributed by atoms with E-state index in [1.165, 1.54) is 0 Å². The highest BCUT2D eigenvalue weighted by molar-refractivity contribution is 6.04. The van der Waals surface area contributed by atoms with Gasteiger partial charge in [0.2, 0.25) is 0 Å². The van der Waals surface area contributed by atoms with Crippen LogP contribution in [0.4, 0.5) is 22.4 Å². The molecule has 1 saturated heterocycles. The SMILES string of the molecule is O=C1C(c2c(F)cccc2F)N(Cc2ccccc2)C(=O)N1Cc1c(F)cccc1F. The lowest BCUT2D eigenvalue weighted by molar-refractivity contribution is -0.129. The van der Waals surface area contributed by atoms with E-state index in [4.69, 9.17) is 0 Å². The smallest absolute Gasteiger partial charge is 0.304 e. The van der Waals surface area contributed by atoms with E-state index >= 15 is 0 Å². The van der Waals surface area contributed by atoms with Gasteiger partial charge in [-0.1, -0.05) is 42.5 Å². The fraction of sp³-hybridized carbons (Fsp3) is 0.130. The van der Waals surface area contributed by atoms with Crippen LogP contribution in [0.1, 0.15) is 22.7 Å². The molecule has 1 fully saturated rings. The van der Waals surface area contributed by atoms with E-state index in [0.29, 0.717) is 10.5 Å². The highest BCUT2D eigenvalue weighted by Gasteiger charge is 2.48. The van der Waals surface area contributed by atoms with Crippen LogP contribution in [-0.2, 0) is 17.9 Å². The average Bonchev–Trinajstić information content (AvgIpc) is 2.96. The molecule has 0 N–H and O–H groups in total. The minimum Gasteiger partial charge on any atom is -0.304 e. The van der Waals surface area contributed by atoms with Gasteiger partial charge in [-0.3, -0.25) is 9.69 Å². The third-order valence-corrected chi connectivity index (χ3v) is 5.14. The summed E-state index contributed by atoms with van der Waals surface area (Å²) in [4.78, 5) is 27.8. The van der Waals surface area contributed by atoms with Gasteiger partial charge in [-0.05, 0) is 29.8 Å². The average molecular weight is 428 g/mol. The minimum absolute atomic E-state index is 0.125. The summed E-state index contributed by atoms with van der Waals surface area (Å²) < 4.78 is 57.3. The molecule has 0 bridgehead atoms. The fourth-order valence-corrected chi connectivity index (χ4v) is 3.62. The second-order valence-corrected chi connectivity index (χ2v) is 7.06. The molecule has 0 spiro atoms. The summed E-state index contributed by atoms with van der Waals surface area (Å²) in [6.07, 6.45) is 0. The molecule has 4 rings (SSSR count). The first kappa shape index (κ1) is 20.6. The van der Waals surface area contributed by atoms with Crippen LogP contribution in [0.3, 0.4) is 0 Å². The van der Waals surface area contributed by atoms with Gasteiger partial charge < -0.3 is 4.90 Å². The van der Waals surface area contributed by atoms with Crippen molar-refractivity contribution in [3.8, 4) is 0 Å². The van der Waals surface area contributed by atoms with E-state index < -0.39 is 58.9 Å². The number of carbonyl (C=O) groups is 2. The Kier molecular flexibility index (Phi) is 5.46. The van der Waals surface area contributed by atoms with Crippen molar-refractivity contribution < 1.29 is 27.2 Å². The van der Waals surface area contributed by atoms with Crippen LogP contribution in [0.2, 0.25) is 0 Å². The third-order valence-electron chi connectivity index (χ3n) is 5.14. The molecule has 0 aromatic heterocycles. The fourth-order valence-electron chi connectivity index (χ4n) is 3.62. The standard InChI is InChI=1S/C23H16F4N2O2/c24-16-8-4-9-17(25)15(16)13-29-22(30)21(20-18(26)10-5-11-19(20)27)28(23(29)31)12-14-6-2-1-3-7-14/h1-11,21H,12-13H2. The third kappa shape index (κ3) is 3.76. The van der Waals surface area contributed by atoms with E-state index in [0.717, 1.165) is 41.3 Å². The van der Waals surface area contributed by atoms with Gasteiger partial charge in [0.25, 0.3) is 5.91 Å². The summed E-state index contributed by atoms with van der Waals surface area (Å²) in [6, 6.07) is 12.3. The van der Waals surface area contributed by atoms with Gasteiger partial charge in [0.15, 0.2) is 0 Å². The summed E-state index contributed by atoms with van der Waals surface area (Å²) in [5, 5.41) is 0. The van der Waals surface area contributed by atoms with Crippen LogP contribution in [0.5, 0.6) is 0 Å². The molecule has 1 unspecified atom stereocenters. The maximum absolute atomic E-state index is 14.5. The van der Waals surface area contributed by atoms with E-state index in [9.17, 15) is 27.2 Å². The molecule has 158 valence electrons. The molecule has 0 aliphatic carbocycles. The van der Waals surface area contributed by atoms with Gasteiger partial charge in [0.05, 0.1) is 12.1 Å². The van der Waals surface area contributed by atoms with Crippen molar-refractivity contribution >= 4 is 11.9 Å². The van der Waals surface area contributed by atoms with E-state index in [2.05, 4.69) is 0 Å². The van der Waals surface area contributed by atoms with E-state index in [1.807, 2.05) is 0 Å². The molecular formula is C23H16F4N2O2. The number of rotatable bonds is 5. The van der Waals surface area contributed by atoms with Gasteiger partial charge in [-0.15, -0.1) is 0 Å². The van der Waals surface area contributed by atoms with Gasteiger partial charge in [0, 0.05) is 12.1 Å². The van der Waals surface area contributed by atoms with Crippen molar-refractivity contribution in [2.45, 2.75) is 19.1 Å². The molecular weight excluding hydrogens is 412 g/mol. The predicted octanol–water partition coefficient (Wildman–Crippen LogP) is 4.95. The monoisotopic (exact) mass is 428 g/mol. The zero-order valence-electron chi connectivity index (χ0n) is 16.1. The number of urea groups is 1. The van der Waals surface area contributed by atoms with Crippen LogP contribution in [0, 0.1) is 23.3 Å². The Hall–Kier alpha value is -3.68. The topological polar surface area (TPSA) is 40.6 Å². The minimum atomic E-state index is -1.61. The zero-order chi connectivity index (χ0) is 22.1. The summed E-state index contributed by atoms with van der Waals surface area (Å²) in [6.45, 7) is -0.825. The molecule has 31 heavy (non-hydrogen) atoms. The summed E-state index contributed by atoms with van der Waals surface area (Å²) >= 11 is 0. The van der Waals surface area contributed by atoms with E-state index in [1.54, 1.807) is 30.3 Å². The van der Waals surface area contributed by atoms with Crippen molar-refractivity contribution in [1.82, 2.24) is 9.80 Å². The molecule has 8 heteroatoms. The van der Waals surface area contributed by atoms with Crippen molar-refractivity contribution in [3.63, 3.8) is 0 Å². The molecule has 3 aromatic carbocycles. The zero-order valence-corrected chi connectivity index (χ0v) is 16.1. The Morgan fingerprint density at radius 3 is 1.81 bits per heavy atom. The highest BCUT2D eigenvalue weighted by Crippen LogP contribution is 2.36. The number of halogens is 4.